The van der Waals surface area contributed by atoms with E-state index in [4.69, 9.17) is 17.0 Å². The van der Waals surface area contributed by atoms with Crippen LogP contribution in [0.2, 0.25) is 5.02 Å². The van der Waals surface area contributed by atoms with Crippen molar-refractivity contribution < 1.29 is 4.79 Å². The molecule has 1 aliphatic rings. The van der Waals surface area contributed by atoms with E-state index in [2.05, 4.69) is 35.1 Å². The van der Waals surface area contributed by atoms with Crippen LogP contribution in [0, 0.1) is 10.8 Å². The second-order valence-corrected chi connectivity index (χ2v) is 10.0. The first-order valence-electron chi connectivity index (χ1n) is 11.1. The SMILES string of the molecule is CN=C(C)n1c(=N)ccc2c1cc(C(=O)NC)n2Cc1cc(Cl)cc(CN2CC(C)(C)C2)c1. The average molecular weight is 467 g/mol. The second kappa shape index (κ2) is 8.80. The number of amides is 1. The number of halogens is 1. The molecule has 7 nitrogen and oxygen atoms in total. The molecule has 0 radical (unpaired) electrons. The lowest BCUT2D eigenvalue weighted by molar-refractivity contribution is 0.0242. The lowest BCUT2D eigenvalue weighted by Gasteiger charge is -2.46. The topological polar surface area (TPSA) is 78.4 Å². The average Bonchev–Trinajstić information content (AvgIpc) is 3.09. The molecule has 3 heterocycles. The Labute approximate surface area is 199 Å². The lowest BCUT2D eigenvalue weighted by atomic mass is 9.84. The Balaban J connectivity index is 1.77. The van der Waals surface area contributed by atoms with Crippen LogP contribution in [0.3, 0.4) is 0 Å². The molecule has 33 heavy (non-hydrogen) atoms. The molecule has 1 saturated heterocycles. The number of likely N-dealkylation sites (tertiary alicyclic amines) is 1. The van der Waals surface area contributed by atoms with Gasteiger partial charge in [-0.2, -0.15) is 0 Å². The summed E-state index contributed by atoms with van der Waals surface area (Å²) >= 11 is 6.49. The summed E-state index contributed by atoms with van der Waals surface area (Å²) in [6, 6.07) is 11.6. The van der Waals surface area contributed by atoms with E-state index in [0.717, 1.165) is 36.2 Å². The van der Waals surface area contributed by atoms with Crippen molar-refractivity contribution in [3.05, 3.63) is 63.7 Å². The third-order valence-corrected chi connectivity index (χ3v) is 6.39. The van der Waals surface area contributed by atoms with Crippen LogP contribution < -0.4 is 10.8 Å². The number of hydrogen-bond donors (Lipinski definition) is 2. The molecule has 1 amide bonds. The van der Waals surface area contributed by atoms with E-state index in [9.17, 15) is 4.79 Å². The van der Waals surface area contributed by atoms with Gasteiger partial charge in [0, 0.05) is 45.3 Å². The molecular weight excluding hydrogens is 436 g/mol. The van der Waals surface area contributed by atoms with Gasteiger partial charge in [0.15, 0.2) is 0 Å². The van der Waals surface area contributed by atoms with E-state index in [0.29, 0.717) is 34.0 Å². The van der Waals surface area contributed by atoms with E-state index >= 15 is 0 Å². The minimum Gasteiger partial charge on any atom is -0.354 e. The normalized spacial score (nSPS) is 16.1. The molecule has 174 valence electrons. The zero-order chi connectivity index (χ0) is 23.9. The predicted octanol–water partition coefficient (Wildman–Crippen LogP) is 3.72. The standard InChI is InChI=1S/C25H31ClN6O/c1-16(28-4)32-21-11-22(24(33)29-5)31(20(21)6-7-23(32)27)13-18-8-17(9-19(26)10-18)12-30-14-25(2,3)15-30/h6-11,27H,12-15H2,1-5H3,(H,29,33). The van der Waals surface area contributed by atoms with Crippen LogP contribution in [0.15, 0.2) is 41.4 Å². The van der Waals surface area contributed by atoms with E-state index in [-0.39, 0.29) is 5.91 Å². The van der Waals surface area contributed by atoms with Gasteiger partial charge in [0.05, 0.1) is 11.0 Å². The van der Waals surface area contributed by atoms with Crippen molar-refractivity contribution in [2.24, 2.45) is 10.4 Å². The van der Waals surface area contributed by atoms with Crippen molar-refractivity contribution in [3.8, 4) is 0 Å². The molecule has 2 N–H and O–H groups in total. The first kappa shape index (κ1) is 23.3. The molecule has 1 fully saturated rings. The van der Waals surface area contributed by atoms with Crippen molar-refractivity contribution in [2.75, 3.05) is 27.2 Å². The van der Waals surface area contributed by atoms with Crippen molar-refractivity contribution >= 4 is 34.4 Å². The minimum absolute atomic E-state index is 0.180. The van der Waals surface area contributed by atoms with E-state index in [1.807, 2.05) is 35.8 Å². The number of pyridine rings is 1. The van der Waals surface area contributed by atoms with E-state index < -0.39 is 0 Å². The summed E-state index contributed by atoms with van der Waals surface area (Å²) in [5, 5.41) is 11.8. The molecule has 8 heteroatoms. The zero-order valence-electron chi connectivity index (χ0n) is 19.9. The monoisotopic (exact) mass is 466 g/mol. The molecule has 0 aliphatic carbocycles. The third kappa shape index (κ3) is 4.61. The lowest BCUT2D eigenvalue weighted by Crippen LogP contribution is -2.52. The maximum atomic E-state index is 12.8. The quantitative estimate of drug-likeness (QED) is 0.444. The Hall–Kier alpha value is -2.90. The Morgan fingerprint density at radius 2 is 1.79 bits per heavy atom. The minimum atomic E-state index is -0.180. The summed E-state index contributed by atoms with van der Waals surface area (Å²) in [4.78, 5) is 19.4. The number of aromatic nitrogens is 2. The molecule has 2 aromatic heterocycles. The predicted molar refractivity (Wildman–Crippen MR) is 133 cm³/mol. The van der Waals surface area contributed by atoms with E-state index in [1.165, 1.54) is 5.56 Å². The molecule has 1 aliphatic heterocycles. The summed E-state index contributed by atoms with van der Waals surface area (Å²) in [6.45, 7) is 9.92. The summed E-state index contributed by atoms with van der Waals surface area (Å²) < 4.78 is 3.74. The highest BCUT2D eigenvalue weighted by Crippen LogP contribution is 2.31. The zero-order valence-corrected chi connectivity index (χ0v) is 20.6. The Kier molecular flexibility index (Phi) is 6.20. The Morgan fingerprint density at radius 3 is 2.39 bits per heavy atom. The number of hydrogen-bond acceptors (Lipinski definition) is 4. The van der Waals surface area contributed by atoms with Crippen LogP contribution >= 0.6 is 11.6 Å². The summed E-state index contributed by atoms with van der Waals surface area (Å²) in [5.41, 5.74) is 5.05. The summed E-state index contributed by atoms with van der Waals surface area (Å²) in [7, 11) is 3.32. The van der Waals surface area contributed by atoms with Gasteiger partial charge in [0.2, 0.25) is 0 Å². The van der Waals surface area contributed by atoms with Crippen LogP contribution in [-0.2, 0) is 13.1 Å². The van der Waals surface area contributed by atoms with Crippen LogP contribution in [0.1, 0.15) is 42.4 Å². The largest absolute Gasteiger partial charge is 0.354 e. The van der Waals surface area contributed by atoms with Crippen LogP contribution in [-0.4, -0.2) is 53.0 Å². The van der Waals surface area contributed by atoms with Gasteiger partial charge in [-0.3, -0.25) is 24.7 Å². The fourth-order valence-electron chi connectivity index (χ4n) is 4.82. The molecule has 0 saturated carbocycles. The summed E-state index contributed by atoms with van der Waals surface area (Å²) in [6.07, 6.45) is 0. The Bertz CT molecular complexity index is 1310. The molecule has 0 atom stereocenters. The number of rotatable bonds is 5. The molecule has 3 aromatic rings. The fourth-order valence-corrected chi connectivity index (χ4v) is 5.10. The highest BCUT2D eigenvalue weighted by Gasteiger charge is 2.33. The van der Waals surface area contributed by atoms with Crippen molar-refractivity contribution in [1.29, 1.82) is 5.41 Å². The molecular formula is C25H31ClN6O. The van der Waals surface area contributed by atoms with Gasteiger partial charge in [-0.1, -0.05) is 31.5 Å². The van der Waals surface area contributed by atoms with Gasteiger partial charge in [0.1, 0.15) is 17.0 Å². The van der Waals surface area contributed by atoms with Crippen LogP contribution in [0.4, 0.5) is 0 Å². The van der Waals surface area contributed by atoms with Crippen molar-refractivity contribution in [1.82, 2.24) is 19.4 Å². The molecule has 4 rings (SSSR count). The van der Waals surface area contributed by atoms with Gasteiger partial charge < -0.3 is 9.88 Å². The molecule has 1 aromatic carbocycles. The molecule has 0 unspecified atom stereocenters. The van der Waals surface area contributed by atoms with Crippen molar-refractivity contribution in [3.63, 3.8) is 0 Å². The van der Waals surface area contributed by atoms with Crippen molar-refractivity contribution in [2.45, 2.75) is 33.9 Å². The number of fused-ring (bicyclic) bond motifs is 1. The number of nitrogens with zero attached hydrogens (tertiary/aromatic N) is 4. The smallest absolute Gasteiger partial charge is 0.267 e. The number of carbonyl (C=O) groups is 1. The summed E-state index contributed by atoms with van der Waals surface area (Å²) in [5.74, 6) is 0.508. The molecule has 0 bridgehead atoms. The third-order valence-electron chi connectivity index (χ3n) is 6.17. The van der Waals surface area contributed by atoms with E-state index in [1.54, 1.807) is 24.7 Å². The highest BCUT2D eigenvalue weighted by atomic mass is 35.5. The number of nitrogens with one attached hydrogen (secondary N) is 2. The van der Waals surface area contributed by atoms with Gasteiger partial charge >= 0.3 is 0 Å². The first-order valence-corrected chi connectivity index (χ1v) is 11.5. The first-order chi connectivity index (χ1) is 15.6. The maximum absolute atomic E-state index is 12.8. The number of benzene rings is 1. The Morgan fingerprint density at radius 1 is 1.12 bits per heavy atom. The van der Waals surface area contributed by atoms with Gasteiger partial charge in [0.25, 0.3) is 5.91 Å². The second-order valence-electron chi connectivity index (χ2n) is 9.57. The van der Waals surface area contributed by atoms with Gasteiger partial charge in [-0.15, -0.1) is 0 Å². The molecule has 0 spiro atoms. The number of aliphatic imine (C=N–C) groups is 1. The maximum Gasteiger partial charge on any atom is 0.267 e. The number of carbonyl (C=O) groups excluding carboxylic acids is 1. The van der Waals surface area contributed by atoms with Crippen LogP contribution in [0.5, 0.6) is 0 Å². The van der Waals surface area contributed by atoms with Gasteiger partial charge in [-0.05, 0) is 53.8 Å². The van der Waals surface area contributed by atoms with Gasteiger partial charge in [-0.25, -0.2) is 0 Å². The highest BCUT2D eigenvalue weighted by molar-refractivity contribution is 6.30. The fraction of sp³-hybridized carbons (Fsp3) is 0.400. The van der Waals surface area contributed by atoms with Crippen LogP contribution in [0.25, 0.3) is 11.0 Å².